The number of carbonyl (C=O) groups is 2. The van der Waals surface area contributed by atoms with Gasteiger partial charge in [0.05, 0.1) is 19.1 Å². The van der Waals surface area contributed by atoms with E-state index in [-0.39, 0.29) is 12.1 Å². The number of ether oxygens (including phenoxy) is 2. The molecule has 0 aliphatic carbocycles. The quantitative estimate of drug-likeness (QED) is 0.753. The molecule has 156 valence electrons. The summed E-state index contributed by atoms with van der Waals surface area (Å²) in [5, 5.41) is 2.50. The van der Waals surface area contributed by atoms with Gasteiger partial charge >= 0.3 is 18.4 Å². The predicted molar refractivity (Wildman–Crippen MR) is 94.0 cm³/mol. The van der Waals surface area contributed by atoms with Crippen molar-refractivity contribution in [2.45, 2.75) is 31.8 Å². The Hall–Kier alpha value is -3.24. The van der Waals surface area contributed by atoms with Crippen LogP contribution in [0.1, 0.15) is 29.9 Å². The van der Waals surface area contributed by atoms with E-state index in [9.17, 15) is 22.8 Å². The van der Waals surface area contributed by atoms with E-state index in [1.807, 2.05) is 0 Å². The maximum absolute atomic E-state index is 12.9. The number of aromatic amines is 1. The lowest BCUT2D eigenvalue weighted by Gasteiger charge is -2.36. The topological polar surface area (TPSA) is 96.6 Å². The number of imidazole rings is 1. The Morgan fingerprint density at radius 2 is 2.07 bits per heavy atom. The number of alkyl halides is 3. The van der Waals surface area contributed by atoms with Crippen LogP contribution >= 0.6 is 0 Å². The molecule has 0 spiro atoms. The van der Waals surface area contributed by atoms with E-state index >= 15 is 0 Å². The van der Waals surface area contributed by atoms with Gasteiger partial charge in [0.15, 0.2) is 0 Å². The Kier molecular flexibility index (Phi) is 5.66. The molecule has 2 heterocycles. The zero-order valence-corrected chi connectivity index (χ0v) is 15.6. The first-order valence-electron chi connectivity index (χ1n) is 8.73. The first-order chi connectivity index (χ1) is 13.7. The third kappa shape index (κ3) is 4.44. The number of esters is 1. The molecule has 0 saturated heterocycles. The Morgan fingerprint density at radius 1 is 1.34 bits per heavy atom. The van der Waals surface area contributed by atoms with Crippen molar-refractivity contribution in [3.8, 4) is 5.75 Å². The highest BCUT2D eigenvalue weighted by Crippen LogP contribution is 2.39. The number of rotatable bonds is 4. The number of nitrogens with one attached hydrogen (secondary N) is 2. The Bertz CT molecular complexity index is 899. The van der Waals surface area contributed by atoms with E-state index in [1.165, 1.54) is 43.5 Å². The molecule has 29 heavy (non-hydrogen) atoms. The van der Waals surface area contributed by atoms with E-state index in [0.29, 0.717) is 17.8 Å². The number of benzene rings is 1. The molecular weight excluding hydrogens is 393 g/mol. The molecule has 0 radical (unpaired) electrons. The minimum absolute atomic E-state index is 0.124. The van der Waals surface area contributed by atoms with Gasteiger partial charge in [0.2, 0.25) is 0 Å². The van der Waals surface area contributed by atoms with Crippen LogP contribution in [-0.2, 0) is 16.0 Å². The third-order valence-corrected chi connectivity index (χ3v) is 4.52. The molecule has 1 aromatic heterocycles. The molecule has 2 atom stereocenters. The number of hydrogen-bond acceptors (Lipinski definition) is 5. The summed E-state index contributed by atoms with van der Waals surface area (Å²) in [5.41, 5.74) is 1.25. The van der Waals surface area contributed by atoms with Gasteiger partial charge in [-0.3, -0.25) is 0 Å². The molecule has 1 aliphatic heterocycles. The zero-order chi connectivity index (χ0) is 21.2. The van der Waals surface area contributed by atoms with Gasteiger partial charge in [-0.25, -0.2) is 14.6 Å². The van der Waals surface area contributed by atoms with Crippen molar-refractivity contribution in [1.29, 1.82) is 0 Å². The summed E-state index contributed by atoms with van der Waals surface area (Å²) in [6.45, 7) is 1.64. The van der Waals surface area contributed by atoms with Gasteiger partial charge in [-0.2, -0.15) is 0 Å². The van der Waals surface area contributed by atoms with E-state index in [1.54, 1.807) is 6.07 Å². The van der Waals surface area contributed by atoms with Crippen LogP contribution in [0.2, 0.25) is 0 Å². The molecule has 3 rings (SSSR count). The SMILES string of the molecule is COC(=O)[C@@H](C)NC(=O)N1CCc2[nH]cnc2C1c1ccccc1OC(F)(F)F. The maximum atomic E-state index is 12.9. The van der Waals surface area contributed by atoms with Crippen molar-refractivity contribution in [2.24, 2.45) is 0 Å². The molecule has 8 nitrogen and oxygen atoms in total. The minimum Gasteiger partial charge on any atom is -0.467 e. The van der Waals surface area contributed by atoms with Gasteiger partial charge in [0.1, 0.15) is 17.8 Å². The molecule has 0 saturated carbocycles. The van der Waals surface area contributed by atoms with E-state index in [4.69, 9.17) is 0 Å². The van der Waals surface area contributed by atoms with Crippen LogP contribution in [0, 0.1) is 0 Å². The van der Waals surface area contributed by atoms with Crippen molar-refractivity contribution >= 4 is 12.0 Å². The lowest BCUT2D eigenvalue weighted by atomic mass is 9.95. The van der Waals surface area contributed by atoms with Crippen molar-refractivity contribution in [2.75, 3.05) is 13.7 Å². The summed E-state index contributed by atoms with van der Waals surface area (Å²) in [4.78, 5) is 33.0. The van der Waals surface area contributed by atoms with E-state index in [0.717, 1.165) is 0 Å². The average molecular weight is 412 g/mol. The third-order valence-electron chi connectivity index (χ3n) is 4.52. The van der Waals surface area contributed by atoms with E-state index in [2.05, 4.69) is 24.8 Å². The number of H-pyrrole nitrogens is 1. The lowest BCUT2D eigenvalue weighted by molar-refractivity contribution is -0.275. The summed E-state index contributed by atoms with van der Waals surface area (Å²) < 4.78 is 47.4. The number of hydrogen-bond donors (Lipinski definition) is 2. The second-order valence-corrected chi connectivity index (χ2v) is 6.39. The standard InChI is InChI=1S/C18H19F3N4O4/c1-10(16(26)28-2)24-17(27)25-8-7-12-14(23-9-22-12)15(25)11-5-3-4-6-13(11)29-18(19,20)21/h3-6,9-10,15H,7-8H2,1-2H3,(H,22,23)(H,24,27)/t10-,15?/m1/s1. The first-order valence-corrected chi connectivity index (χ1v) is 8.73. The molecule has 2 N–H and O–H groups in total. The summed E-state index contributed by atoms with van der Waals surface area (Å²) in [6, 6.07) is 3.07. The molecule has 2 aromatic rings. The fourth-order valence-corrected chi connectivity index (χ4v) is 3.24. The van der Waals surface area contributed by atoms with Crippen LogP contribution in [0.25, 0.3) is 0 Å². The Labute approximate surface area is 164 Å². The molecule has 1 aliphatic rings. The smallest absolute Gasteiger partial charge is 0.467 e. The first kappa shape index (κ1) is 20.5. The van der Waals surface area contributed by atoms with Crippen LogP contribution in [-0.4, -0.2) is 52.9 Å². The number of urea groups is 1. The number of halogens is 3. The van der Waals surface area contributed by atoms with Crippen LogP contribution in [0.5, 0.6) is 5.75 Å². The number of amides is 2. The maximum Gasteiger partial charge on any atom is 0.573 e. The number of para-hydroxylation sites is 1. The number of fused-ring (bicyclic) bond motifs is 1. The molecule has 2 amide bonds. The highest BCUT2D eigenvalue weighted by atomic mass is 19.4. The van der Waals surface area contributed by atoms with Gasteiger partial charge in [-0.05, 0) is 13.0 Å². The number of aromatic nitrogens is 2. The highest BCUT2D eigenvalue weighted by molar-refractivity contribution is 5.83. The Balaban J connectivity index is 1.99. The molecular formula is C18H19F3N4O4. The predicted octanol–water partition coefficient (Wildman–Crippen LogP) is 2.53. The number of methoxy groups -OCH3 is 1. The van der Waals surface area contributed by atoms with Crippen LogP contribution in [0.15, 0.2) is 30.6 Å². The largest absolute Gasteiger partial charge is 0.573 e. The second kappa shape index (κ2) is 8.02. The normalized spacial score (nSPS) is 17.3. The van der Waals surface area contributed by atoms with Crippen LogP contribution < -0.4 is 10.1 Å². The summed E-state index contributed by atoms with van der Waals surface area (Å²) in [7, 11) is 1.19. The average Bonchev–Trinajstić information content (AvgIpc) is 3.14. The second-order valence-electron chi connectivity index (χ2n) is 6.39. The summed E-state index contributed by atoms with van der Waals surface area (Å²) in [5.74, 6) is -1.08. The molecule has 1 aromatic carbocycles. The summed E-state index contributed by atoms with van der Waals surface area (Å²) >= 11 is 0. The van der Waals surface area contributed by atoms with Crippen LogP contribution in [0.3, 0.4) is 0 Å². The van der Waals surface area contributed by atoms with Crippen molar-refractivity contribution < 1.29 is 32.2 Å². The highest BCUT2D eigenvalue weighted by Gasteiger charge is 2.39. The molecule has 11 heteroatoms. The van der Waals surface area contributed by atoms with Crippen molar-refractivity contribution in [1.82, 2.24) is 20.2 Å². The monoisotopic (exact) mass is 412 g/mol. The van der Waals surface area contributed by atoms with Gasteiger partial charge < -0.3 is 24.7 Å². The van der Waals surface area contributed by atoms with Crippen molar-refractivity contribution in [3.63, 3.8) is 0 Å². The Morgan fingerprint density at radius 3 is 2.76 bits per heavy atom. The van der Waals surface area contributed by atoms with Crippen molar-refractivity contribution in [3.05, 3.63) is 47.5 Å². The van der Waals surface area contributed by atoms with Crippen LogP contribution in [0.4, 0.5) is 18.0 Å². The summed E-state index contributed by atoms with van der Waals surface area (Å²) in [6.07, 6.45) is -3.05. The van der Waals surface area contributed by atoms with E-state index < -0.39 is 36.2 Å². The zero-order valence-electron chi connectivity index (χ0n) is 15.6. The number of nitrogens with zero attached hydrogens (tertiary/aromatic N) is 2. The minimum atomic E-state index is -4.90. The fourth-order valence-electron chi connectivity index (χ4n) is 3.24. The molecule has 0 fully saturated rings. The molecule has 1 unspecified atom stereocenters. The number of carbonyl (C=O) groups excluding carboxylic acids is 2. The molecule has 0 bridgehead atoms. The van der Waals surface area contributed by atoms with Gasteiger partial charge in [-0.15, -0.1) is 13.2 Å². The lowest BCUT2D eigenvalue weighted by Crippen LogP contribution is -2.50. The van der Waals surface area contributed by atoms with Gasteiger partial charge in [-0.1, -0.05) is 18.2 Å². The van der Waals surface area contributed by atoms with Gasteiger partial charge in [0.25, 0.3) is 0 Å². The van der Waals surface area contributed by atoms with Gasteiger partial charge in [0, 0.05) is 24.2 Å². The fraction of sp³-hybridized carbons (Fsp3) is 0.389.